The summed E-state index contributed by atoms with van der Waals surface area (Å²) in [7, 11) is 1.67. The van der Waals surface area contributed by atoms with Gasteiger partial charge < -0.3 is 25.0 Å². The van der Waals surface area contributed by atoms with E-state index >= 15 is 0 Å². The zero-order valence-electron chi connectivity index (χ0n) is 16.0. The molecule has 0 radical (unpaired) electrons. The maximum Gasteiger partial charge on any atom is 0.355 e. The topological polar surface area (TPSA) is 108 Å². The highest BCUT2D eigenvalue weighted by Crippen LogP contribution is 2.36. The van der Waals surface area contributed by atoms with Crippen LogP contribution in [0.15, 0.2) is 29.7 Å². The molecule has 1 aromatic carbocycles. The summed E-state index contributed by atoms with van der Waals surface area (Å²) in [5.41, 5.74) is 3.03. The molecule has 1 aliphatic rings. The largest absolute Gasteiger partial charge is 0.476 e. The molecule has 0 saturated carbocycles. The number of carboxylic acid groups (broad SMARTS) is 1. The number of nitrogens with one attached hydrogen (secondary N) is 2. The number of hydrogen-bond acceptors (Lipinski definition) is 5. The SMILES string of the molecule is CCc1[nH]c(C(=O)Nc2ccc(C3OC(C)=C(C(=O)O)N3C)cc2C)nc1Cl. The number of amides is 1. The first-order valence-corrected chi connectivity index (χ1v) is 9.10. The van der Waals surface area contributed by atoms with Crippen molar-refractivity contribution in [1.29, 1.82) is 0 Å². The van der Waals surface area contributed by atoms with Crippen molar-refractivity contribution < 1.29 is 19.4 Å². The van der Waals surface area contributed by atoms with Crippen LogP contribution in [0.3, 0.4) is 0 Å². The van der Waals surface area contributed by atoms with Gasteiger partial charge in [0.1, 0.15) is 5.76 Å². The Morgan fingerprint density at radius 1 is 1.39 bits per heavy atom. The van der Waals surface area contributed by atoms with Crippen LogP contribution in [0.4, 0.5) is 5.69 Å². The van der Waals surface area contributed by atoms with Gasteiger partial charge in [-0.3, -0.25) is 4.79 Å². The van der Waals surface area contributed by atoms with Crippen molar-refractivity contribution in [2.24, 2.45) is 0 Å². The minimum absolute atomic E-state index is 0.126. The van der Waals surface area contributed by atoms with Crippen molar-refractivity contribution in [3.05, 3.63) is 57.5 Å². The molecule has 0 spiro atoms. The van der Waals surface area contributed by atoms with Gasteiger partial charge in [-0.25, -0.2) is 9.78 Å². The van der Waals surface area contributed by atoms with Gasteiger partial charge in [0, 0.05) is 18.3 Å². The molecule has 8 nitrogen and oxygen atoms in total. The standard InChI is InChI=1S/C19H21ClN4O4/c1-5-12-15(20)23-16(21-12)17(25)22-13-7-6-11(8-9(13)2)18-24(4)14(19(26)27)10(3)28-18/h6-8,18H,5H2,1-4H3,(H,21,23)(H,22,25)(H,26,27). The molecule has 148 valence electrons. The normalized spacial score (nSPS) is 16.3. The van der Waals surface area contributed by atoms with Crippen molar-refractivity contribution in [3.8, 4) is 0 Å². The number of likely N-dealkylation sites (N-methyl/N-ethyl adjacent to an activating group) is 1. The zero-order valence-corrected chi connectivity index (χ0v) is 16.7. The highest BCUT2D eigenvalue weighted by molar-refractivity contribution is 6.30. The molecule has 3 rings (SSSR count). The van der Waals surface area contributed by atoms with Gasteiger partial charge in [-0.15, -0.1) is 0 Å². The fraction of sp³-hybridized carbons (Fsp3) is 0.316. The number of H-pyrrole nitrogens is 1. The van der Waals surface area contributed by atoms with Gasteiger partial charge in [0.05, 0.1) is 5.69 Å². The maximum atomic E-state index is 12.4. The Morgan fingerprint density at radius 2 is 2.11 bits per heavy atom. The number of imidazole rings is 1. The van der Waals surface area contributed by atoms with Crippen LogP contribution >= 0.6 is 11.6 Å². The van der Waals surface area contributed by atoms with Crippen molar-refractivity contribution in [1.82, 2.24) is 14.9 Å². The van der Waals surface area contributed by atoms with Crippen LogP contribution in [-0.4, -0.2) is 38.9 Å². The summed E-state index contributed by atoms with van der Waals surface area (Å²) < 4.78 is 5.71. The Hall–Kier alpha value is -3.00. The quantitative estimate of drug-likeness (QED) is 0.704. The lowest BCUT2D eigenvalue weighted by Crippen LogP contribution is -2.23. The van der Waals surface area contributed by atoms with Crippen LogP contribution in [0.1, 0.15) is 47.5 Å². The van der Waals surface area contributed by atoms with Crippen molar-refractivity contribution in [2.75, 3.05) is 12.4 Å². The first kappa shape index (κ1) is 19.8. The fourth-order valence-corrected chi connectivity index (χ4v) is 3.42. The van der Waals surface area contributed by atoms with E-state index in [0.29, 0.717) is 28.7 Å². The summed E-state index contributed by atoms with van der Waals surface area (Å²) in [4.78, 5) is 32.3. The van der Waals surface area contributed by atoms with E-state index in [1.54, 1.807) is 31.0 Å². The molecule has 0 fully saturated rings. The number of benzene rings is 1. The summed E-state index contributed by atoms with van der Waals surface area (Å²) in [5, 5.41) is 12.4. The monoisotopic (exact) mass is 404 g/mol. The Bertz CT molecular complexity index is 982. The molecule has 0 aliphatic carbocycles. The van der Waals surface area contributed by atoms with E-state index in [4.69, 9.17) is 16.3 Å². The molecule has 0 saturated heterocycles. The molecule has 1 aromatic heterocycles. The minimum atomic E-state index is -1.04. The Morgan fingerprint density at radius 3 is 2.64 bits per heavy atom. The maximum absolute atomic E-state index is 12.4. The number of aromatic nitrogens is 2. The second-order valence-corrected chi connectivity index (χ2v) is 6.89. The fourth-order valence-electron chi connectivity index (χ4n) is 3.15. The third-order valence-electron chi connectivity index (χ3n) is 4.61. The number of anilines is 1. The number of allylic oxidation sites excluding steroid dienone is 1. The Kier molecular flexibility index (Phi) is 5.33. The number of halogens is 1. The van der Waals surface area contributed by atoms with E-state index in [0.717, 1.165) is 11.1 Å². The smallest absolute Gasteiger partial charge is 0.355 e. The van der Waals surface area contributed by atoms with Crippen LogP contribution in [0.5, 0.6) is 0 Å². The van der Waals surface area contributed by atoms with E-state index in [1.165, 1.54) is 0 Å². The Balaban J connectivity index is 1.78. The van der Waals surface area contributed by atoms with Gasteiger partial charge >= 0.3 is 5.97 Å². The second kappa shape index (κ2) is 7.55. The van der Waals surface area contributed by atoms with Gasteiger partial charge in [0.2, 0.25) is 0 Å². The van der Waals surface area contributed by atoms with Crippen molar-refractivity contribution >= 4 is 29.2 Å². The average Bonchev–Trinajstić information content (AvgIpc) is 3.15. The molecule has 0 bridgehead atoms. The number of ether oxygens (including phenoxy) is 1. The van der Waals surface area contributed by atoms with E-state index in [-0.39, 0.29) is 11.5 Å². The highest BCUT2D eigenvalue weighted by Gasteiger charge is 2.34. The molecule has 1 unspecified atom stereocenters. The number of hydrogen-bond donors (Lipinski definition) is 3. The van der Waals surface area contributed by atoms with Gasteiger partial charge in [0.25, 0.3) is 5.91 Å². The summed E-state index contributed by atoms with van der Waals surface area (Å²) in [6, 6.07) is 5.38. The van der Waals surface area contributed by atoms with E-state index in [1.807, 2.05) is 19.9 Å². The molecule has 3 N–H and O–H groups in total. The predicted octanol–water partition coefficient (Wildman–Crippen LogP) is 3.46. The summed E-state index contributed by atoms with van der Waals surface area (Å²) in [5.74, 6) is -0.921. The lowest BCUT2D eigenvalue weighted by molar-refractivity contribution is -0.134. The number of aliphatic carboxylic acids is 1. The summed E-state index contributed by atoms with van der Waals surface area (Å²) in [6.07, 6.45) is 0.110. The first-order chi connectivity index (χ1) is 13.2. The second-order valence-electron chi connectivity index (χ2n) is 6.53. The van der Waals surface area contributed by atoms with E-state index in [9.17, 15) is 14.7 Å². The van der Waals surface area contributed by atoms with E-state index < -0.39 is 18.1 Å². The molecular formula is C19H21ClN4O4. The van der Waals surface area contributed by atoms with Crippen LogP contribution in [0, 0.1) is 6.92 Å². The molecule has 2 heterocycles. The molecule has 1 atom stereocenters. The summed E-state index contributed by atoms with van der Waals surface area (Å²) in [6.45, 7) is 5.39. The molecular weight excluding hydrogens is 384 g/mol. The zero-order chi connectivity index (χ0) is 20.6. The number of nitrogens with zero attached hydrogens (tertiary/aromatic N) is 2. The number of rotatable bonds is 5. The van der Waals surface area contributed by atoms with Crippen LogP contribution in [-0.2, 0) is 16.0 Å². The lowest BCUT2D eigenvalue weighted by atomic mass is 10.1. The third-order valence-corrected chi connectivity index (χ3v) is 4.92. The third kappa shape index (κ3) is 3.55. The number of carbonyl (C=O) groups excluding carboxylic acids is 1. The van der Waals surface area contributed by atoms with Crippen molar-refractivity contribution in [3.63, 3.8) is 0 Å². The molecule has 9 heteroatoms. The average molecular weight is 405 g/mol. The highest BCUT2D eigenvalue weighted by atomic mass is 35.5. The van der Waals surface area contributed by atoms with Crippen LogP contribution < -0.4 is 5.32 Å². The van der Waals surface area contributed by atoms with Gasteiger partial charge in [-0.2, -0.15) is 0 Å². The van der Waals surface area contributed by atoms with Gasteiger partial charge in [-0.05, 0) is 38.0 Å². The van der Waals surface area contributed by atoms with Gasteiger partial charge in [0.15, 0.2) is 22.9 Å². The van der Waals surface area contributed by atoms with Crippen LogP contribution in [0.25, 0.3) is 0 Å². The predicted molar refractivity (Wildman–Crippen MR) is 104 cm³/mol. The molecule has 1 amide bonds. The van der Waals surface area contributed by atoms with E-state index in [2.05, 4.69) is 15.3 Å². The first-order valence-electron chi connectivity index (χ1n) is 8.72. The molecule has 1 aliphatic heterocycles. The molecule has 28 heavy (non-hydrogen) atoms. The van der Waals surface area contributed by atoms with Crippen molar-refractivity contribution in [2.45, 2.75) is 33.4 Å². The Labute approximate surface area is 167 Å². The number of aromatic amines is 1. The lowest BCUT2D eigenvalue weighted by Gasteiger charge is -2.23. The number of carbonyl (C=O) groups is 2. The van der Waals surface area contributed by atoms with Gasteiger partial charge in [-0.1, -0.05) is 24.6 Å². The minimum Gasteiger partial charge on any atom is -0.476 e. The molecule has 2 aromatic rings. The number of aryl methyl sites for hydroxylation is 2. The van der Waals surface area contributed by atoms with Crippen LogP contribution in [0.2, 0.25) is 5.15 Å². The summed E-state index contributed by atoms with van der Waals surface area (Å²) >= 11 is 5.99. The number of carboxylic acids is 1.